The van der Waals surface area contributed by atoms with Crippen LogP contribution in [0.15, 0.2) is 0 Å². The summed E-state index contributed by atoms with van der Waals surface area (Å²) in [5.41, 5.74) is 5.09. The number of carbonyl (C=O) groups excluding carboxylic acids is 1. The van der Waals surface area contributed by atoms with E-state index >= 15 is 0 Å². The molecule has 12 heavy (non-hydrogen) atoms. The van der Waals surface area contributed by atoms with Crippen molar-refractivity contribution in [3.8, 4) is 0 Å². The highest BCUT2D eigenvalue weighted by atomic mass is 19.3. The van der Waals surface area contributed by atoms with Gasteiger partial charge in [-0.15, -0.1) is 0 Å². The first-order valence-corrected chi connectivity index (χ1v) is 3.91. The number of nitrogens with two attached hydrogens (primary N) is 1. The number of piperidine rings is 1. The van der Waals surface area contributed by atoms with Crippen molar-refractivity contribution in [1.82, 2.24) is 4.90 Å². The Balaban J connectivity index is 2.41. The van der Waals surface area contributed by atoms with E-state index in [9.17, 15) is 13.6 Å². The predicted octanol–water partition coefficient (Wildman–Crippen LogP) is 0.203. The summed E-state index contributed by atoms with van der Waals surface area (Å²) >= 11 is 0. The zero-order valence-corrected chi connectivity index (χ0v) is 6.72. The highest BCUT2D eigenvalue weighted by Gasteiger charge is 2.35. The summed E-state index contributed by atoms with van der Waals surface area (Å²) in [5, 5.41) is 0. The molecule has 0 aromatic heterocycles. The van der Waals surface area contributed by atoms with E-state index in [1.54, 1.807) is 0 Å². The summed E-state index contributed by atoms with van der Waals surface area (Å²) in [7, 11) is 0. The number of amides is 1. The first-order chi connectivity index (χ1) is 5.55. The van der Waals surface area contributed by atoms with Gasteiger partial charge in [0.2, 0.25) is 5.91 Å². The first kappa shape index (κ1) is 9.38. The fraction of sp³-hybridized carbons (Fsp3) is 0.857. The van der Waals surface area contributed by atoms with Gasteiger partial charge < -0.3 is 10.6 Å². The fourth-order valence-corrected chi connectivity index (χ4v) is 1.21. The van der Waals surface area contributed by atoms with E-state index < -0.39 is 5.92 Å². The molecule has 0 radical (unpaired) electrons. The standard InChI is InChI=1S/C7H12F2N2O/c8-7(9)1-3-11(4-2-7)6(12)5-10/h1-5,10H2. The van der Waals surface area contributed by atoms with Crippen LogP contribution >= 0.6 is 0 Å². The predicted molar refractivity (Wildman–Crippen MR) is 39.8 cm³/mol. The van der Waals surface area contributed by atoms with Gasteiger partial charge >= 0.3 is 0 Å². The first-order valence-electron chi connectivity index (χ1n) is 3.91. The molecule has 2 N–H and O–H groups in total. The average molecular weight is 178 g/mol. The molecule has 1 heterocycles. The molecule has 3 nitrogen and oxygen atoms in total. The molecule has 70 valence electrons. The van der Waals surface area contributed by atoms with Crippen molar-refractivity contribution in [2.24, 2.45) is 5.73 Å². The number of alkyl halides is 2. The summed E-state index contributed by atoms with van der Waals surface area (Å²) in [4.78, 5) is 12.3. The second-order valence-corrected chi connectivity index (χ2v) is 2.94. The van der Waals surface area contributed by atoms with Gasteiger partial charge in [-0.05, 0) is 0 Å². The van der Waals surface area contributed by atoms with Gasteiger partial charge in [0, 0.05) is 25.9 Å². The molecule has 0 spiro atoms. The lowest BCUT2D eigenvalue weighted by molar-refractivity contribution is -0.135. The van der Waals surface area contributed by atoms with Crippen LogP contribution in [0.5, 0.6) is 0 Å². The smallest absolute Gasteiger partial charge is 0.251 e. The highest BCUT2D eigenvalue weighted by Crippen LogP contribution is 2.27. The average Bonchev–Trinajstić information content (AvgIpc) is 2.03. The molecule has 1 rings (SSSR count). The molecule has 1 fully saturated rings. The molecule has 0 saturated carbocycles. The normalized spacial score (nSPS) is 22.4. The molecule has 0 unspecified atom stereocenters. The van der Waals surface area contributed by atoms with Crippen molar-refractivity contribution in [2.75, 3.05) is 19.6 Å². The molecule has 1 amide bonds. The van der Waals surface area contributed by atoms with E-state index in [4.69, 9.17) is 5.73 Å². The molecule has 5 heteroatoms. The van der Waals surface area contributed by atoms with Gasteiger partial charge in [0.25, 0.3) is 5.92 Å². The lowest BCUT2D eigenvalue weighted by Crippen LogP contribution is -2.45. The van der Waals surface area contributed by atoms with Crippen molar-refractivity contribution in [2.45, 2.75) is 18.8 Å². The molecular formula is C7H12F2N2O. The van der Waals surface area contributed by atoms with Gasteiger partial charge in [-0.25, -0.2) is 8.78 Å². The van der Waals surface area contributed by atoms with Crippen LogP contribution in [0.1, 0.15) is 12.8 Å². The lowest BCUT2D eigenvalue weighted by Gasteiger charge is -2.31. The third kappa shape index (κ3) is 2.14. The Hall–Kier alpha value is -0.710. The summed E-state index contributed by atoms with van der Waals surface area (Å²) in [6, 6.07) is 0. The maximum Gasteiger partial charge on any atom is 0.251 e. The molecule has 0 bridgehead atoms. The highest BCUT2D eigenvalue weighted by molar-refractivity contribution is 5.78. The number of rotatable bonds is 1. The van der Waals surface area contributed by atoms with E-state index in [2.05, 4.69) is 0 Å². The van der Waals surface area contributed by atoms with Crippen molar-refractivity contribution in [3.63, 3.8) is 0 Å². The van der Waals surface area contributed by atoms with Crippen LogP contribution in [-0.4, -0.2) is 36.4 Å². The zero-order valence-electron chi connectivity index (χ0n) is 6.72. The van der Waals surface area contributed by atoms with Crippen molar-refractivity contribution < 1.29 is 13.6 Å². The van der Waals surface area contributed by atoms with Crippen LogP contribution in [0.2, 0.25) is 0 Å². The van der Waals surface area contributed by atoms with Crippen LogP contribution in [0.3, 0.4) is 0 Å². The van der Waals surface area contributed by atoms with Gasteiger partial charge in [0.1, 0.15) is 0 Å². The molecule has 0 aromatic rings. The Labute approximate surface area is 69.5 Å². The maximum absolute atomic E-state index is 12.6. The Morgan fingerprint density at radius 1 is 1.42 bits per heavy atom. The number of carbonyl (C=O) groups is 1. The molecule has 1 aliphatic rings. The molecule has 1 aliphatic heterocycles. The molecule has 0 aliphatic carbocycles. The number of likely N-dealkylation sites (tertiary alicyclic amines) is 1. The second kappa shape index (κ2) is 3.35. The van der Waals surface area contributed by atoms with E-state index in [0.29, 0.717) is 0 Å². The summed E-state index contributed by atoms with van der Waals surface area (Å²) in [6.07, 6.45) is -0.475. The number of hydrogen-bond acceptors (Lipinski definition) is 2. The maximum atomic E-state index is 12.6. The van der Waals surface area contributed by atoms with Crippen molar-refractivity contribution in [1.29, 1.82) is 0 Å². The number of halogens is 2. The molecule has 0 atom stereocenters. The lowest BCUT2D eigenvalue weighted by atomic mass is 10.1. The Morgan fingerprint density at radius 2 is 1.92 bits per heavy atom. The second-order valence-electron chi connectivity index (χ2n) is 2.94. The minimum Gasteiger partial charge on any atom is -0.341 e. The molecular weight excluding hydrogens is 166 g/mol. The van der Waals surface area contributed by atoms with E-state index in [-0.39, 0.29) is 38.4 Å². The van der Waals surface area contributed by atoms with E-state index in [1.807, 2.05) is 0 Å². The van der Waals surface area contributed by atoms with Crippen LogP contribution < -0.4 is 5.73 Å². The summed E-state index contributed by atoms with van der Waals surface area (Å²) in [5.74, 6) is -2.84. The third-order valence-electron chi connectivity index (χ3n) is 2.02. The monoisotopic (exact) mass is 178 g/mol. The van der Waals surface area contributed by atoms with Crippen LogP contribution in [-0.2, 0) is 4.79 Å². The van der Waals surface area contributed by atoms with Crippen molar-refractivity contribution in [3.05, 3.63) is 0 Å². The Bertz CT molecular complexity index is 174. The number of nitrogens with zero attached hydrogens (tertiary/aromatic N) is 1. The molecule has 1 saturated heterocycles. The SMILES string of the molecule is NCC(=O)N1CCC(F)(F)CC1. The van der Waals surface area contributed by atoms with Gasteiger partial charge in [0.15, 0.2) is 0 Å². The summed E-state index contributed by atoms with van der Waals surface area (Å²) < 4.78 is 25.2. The third-order valence-corrected chi connectivity index (χ3v) is 2.02. The topological polar surface area (TPSA) is 46.3 Å². The zero-order chi connectivity index (χ0) is 9.19. The van der Waals surface area contributed by atoms with Crippen LogP contribution in [0.25, 0.3) is 0 Å². The summed E-state index contributed by atoms with van der Waals surface area (Å²) in [6.45, 7) is 0.164. The Kier molecular flexibility index (Phi) is 2.62. The van der Waals surface area contributed by atoms with Crippen LogP contribution in [0.4, 0.5) is 8.78 Å². The number of hydrogen-bond donors (Lipinski definition) is 1. The van der Waals surface area contributed by atoms with Gasteiger partial charge in [-0.1, -0.05) is 0 Å². The van der Waals surface area contributed by atoms with E-state index in [1.165, 1.54) is 4.90 Å². The van der Waals surface area contributed by atoms with Gasteiger partial charge in [-0.3, -0.25) is 4.79 Å². The quantitative estimate of drug-likeness (QED) is 0.623. The Morgan fingerprint density at radius 3 is 2.33 bits per heavy atom. The van der Waals surface area contributed by atoms with Gasteiger partial charge in [0.05, 0.1) is 6.54 Å². The van der Waals surface area contributed by atoms with E-state index in [0.717, 1.165) is 0 Å². The largest absolute Gasteiger partial charge is 0.341 e. The van der Waals surface area contributed by atoms with Crippen LogP contribution in [0, 0.1) is 0 Å². The fourth-order valence-electron chi connectivity index (χ4n) is 1.21. The molecule has 0 aromatic carbocycles. The minimum absolute atomic E-state index is 0.0917. The van der Waals surface area contributed by atoms with Gasteiger partial charge in [-0.2, -0.15) is 0 Å². The van der Waals surface area contributed by atoms with Crippen molar-refractivity contribution >= 4 is 5.91 Å². The minimum atomic E-state index is -2.59.